The first kappa shape index (κ1) is 25.4. The smallest absolute Gasteiger partial charge is 0.280 e. The molecule has 2 unspecified atom stereocenters. The van der Waals surface area contributed by atoms with Gasteiger partial charge in [0.2, 0.25) is 5.91 Å². The van der Waals surface area contributed by atoms with Crippen LogP contribution in [0.25, 0.3) is 0 Å². The Bertz CT molecular complexity index is 1010. The molecule has 1 aliphatic heterocycles. The summed E-state index contributed by atoms with van der Waals surface area (Å²) in [4.78, 5) is 39.1. The first-order valence-electron chi connectivity index (χ1n) is 10.4. The number of carbonyl (C=O) groups is 2. The van der Waals surface area contributed by atoms with Crippen molar-refractivity contribution in [1.82, 2.24) is 30.4 Å². The molecule has 0 aliphatic carbocycles. The number of rotatable bonds is 8. The van der Waals surface area contributed by atoms with Crippen molar-refractivity contribution < 1.29 is 14.7 Å². The minimum atomic E-state index is -0.917. The van der Waals surface area contributed by atoms with Gasteiger partial charge in [0.1, 0.15) is 12.1 Å². The van der Waals surface area contributed by atoms with Crippen LogP contribution in [-0.4, -0.2) is 82.0 Å². The van der Waals surface area contributed by atoms with Gasteiger partial charge in [-0.3, -0.25) is 14.6 Å². The van der Waals surface area contributed by atoms with Gasteiger partial charge in [0, 0.05) is 57.6 Å². The van der Waals surface area contributed by atoms with Crippen LogP contribution < -0.4 is 10.6 Å². The topological polar surface area (TPSA) is 111 Å². The number of nitrogens with zero attached hydrogens (tertiary/aromatic N) is 4. The summed E-state index contributed by atoms with van der Waals surface area (Å²) in [5.74, 6) is -0.671. The van der Waals surface area contributed by atoms with Crippen molar-refractivity contribution in [2.24, 2.45) is 0 Å². The molecule has 0 aromatic carbocycles. The summed E-state index contributed by atoms with van der Waals surface area (Å²) in [5, 5.41) is 16.9. The fraction of sp³-hybridized carbons (Fsp3) is 0.476. The molecule has 33 heavy (non-hydrogen) atoms. The molecule has 2 atom stereocenters. The minimum absolute atomic E-state index is 0.0795. The van der Waals surface area contributed by atoms with E-state index in [4.69, 9.17) is 23.8 Å². The zero-order valence-corrected chi connectivity index (χ0v) is 21.1. The predicted octanol–water partition coefficient (Wildman–Crippen LogP) is 1.41. The van der Waals surface area contributed by atoms with Crippen molar-refractivity contribution in [2.75, 3.05) is 34.2 Å². The lowest BCUT2D eigenvalue weighted by molar-refractivity contribution is -0.130. The SMILES string of the molecule is CN1CCc2nc(C(=O)NC(CNC(=S)CC(O)c3ccc(Cl)cn3)C(=O)N(C)C)sc2C1. The third kappa shape index (κ3) is 6.90. The van der Waals surface area contributed by atoms with E-state index in [1.54, 1.807) is 26.2 Å². The molecule has 2 amide bonds. The van der Waals surface area contributed by atoms with Crippen LogP contribution in [0.15, 0.2) is 18.3 Å². The molecule has 0 bridgehead atoms. The fourth-order valence-electron chi connectivity index (χ4n) is 3.30. The van der Waals surface area contributed by atoms with Crippen LogP contribution >= 0.6 is 35.2 Å². The Morgan fingerprint density at radius 1 is 1.39 bits per heavy atom. The molecule has 3 rings (SSSR count). The molecule has 12 heteroatoms. The van der Waals surface area contributed by atoms with E-state index in [-0.39, 0.29) is 18.9 Å². The number of likely N-dealkylation sites (N-methyl/N-ethyl adjacent to an activating group) is 2. The number of aromatic nitrogens is 2. The minimum Gasteiger partial charge on any atom is -0.386 e. The predicted molar refractivity (Wildman–Crippen MR) is 132 cm³/mol. The third-order valence-corrected chi connectivity index (χ3v) is 6.75. The molecule has 178 valence electrons. The van der Waals surface area contributed by atoms with Crippen molar-refractivity contribution in [2.45, 2.75) is 31.5 Å². The van der Waals surface area contributed by atoms with Gasteiger partial charge in [0.15, 0.2) is 5.01 Å². The molecule has 0 fully saturated rings. The van der Waals surface area contributed by atoms with Crippen LogP contribution in [0.5, 0.6) is 0 Å². The number of thiocarbonyl (C=S) groups is 1. The van der Waals surface area contributed by atoms with Crippen molar-refractivity contribution in [3.63, 3.8) is 0 Å². The average Bonchev–Trinajstić information content (AvgIpc) is 3.19. The summed E-state index contributed by atoms with van der Waals surface area (Å²) >= 11 is 12.5. The van der Waals surface area contributed by atoms with Gasteiger partial charge in [-0.2, -0.15) is 0 Å². The Morgan fingerprint density at radius 3 is 2.82 bits per heavy atom. The largest absolute Gasteiger partial charge is 0.386 e. The van der Waals surface area contributed by atoms with Crippen molar-refractivity contribution in [3.05, 3.63) is 44.6 Å². The summed E-state index contributed by atoms with van der Waals surface area (Å²) < 4.78 is 0. The monoisotopic (exact) mass is 510 g/mol. The van der Waals surface area contributed by atoms with Gasteiger partial charge in [-0.25, -0.2) is 4.98 Å². The Morgan fingerprint density at radius 2 is 2.15 bits per heavy atom. The van der Waals surface area contributed by atoms with E-state index in [0.29, 0.717) is 20.7 Å². The van der Waals surface area contributed by atoms with E-state index in [9.17, 15) is 14.7 Å². The number of nitrogens with one attached hydrogen (secondary N) is 2. The lowest BCUT2D eigenvalue weighted by Gasteiger charge is -2.22. The van der Waals surface area contributed by atoms with Gasteiger partial charge in [0.25, 0.3) is 5.91 Å². The van der Waals surface area contributed by atoms with Crippen LogP contribution in [0, 0.1) is 0 Å². The number of halogens is 1. The Balaban J connectivity index is 1.60. The van der Waals surface area contributed by atoms with Gasteiger partial charge in [-0.15, -0.1) is 11.3 Å². The highest BCUT2D eigenvalue weighted by molar-refractivity contribution is 7.80. The molecule has 2 aromatic rings. The maximum absolute atomic E-state index is 12.8. The van der Waals surface area contributed by atoms with E-state index >= 15 is 0 Å². The maximum atomic E-state index is 12.8. The van der Waals surface area contributed by atoms with E-state index in [0.717, 1.165) is 30.1 Å². The normalized spacial score (nSPS) is 15.3. The lowest BCUT2D eigenvalue weighted by Crippen LogP contribution is -2.52. The lowest BCUT2D eigenvalue weighted by atomic mass is 10.1. The van der Waals surface area contributed by atoms with E-state index in [1.165, 1.54) is 22.4 Å². The molecule has 3 N–H and O–H groups in total. The average molecular weight is 511 g/mol. The highest BCUT2D eigenvalue weighted by Crippen LogP contribution is 2.24. The van der Waals surface area contributed by atoms with Crippen molar-refractivity contribution in [1.29, 1.82) is 0 Å². The zero-order chi connectivity index (χ0) is 24.1. The second-order valence-electron chi connectivity index (χ2n) is 8.06. The molecule has 0 radical (unpaired) electrons. The Hall–Kier alpha value is -2.18. The molecule has 1 aliphatic rings. The summed E-state index contributed by atoms with van der Waals surface area (Å²) in [6.45, 7) is 1.75. The first-order chi connectivity index (χ1) is 15.6. The highest BCUT2D eigenvalue weighted by atomic mass is 35.5. The van der Waals surface area contributed by atoms with Crippen LogP contribution in [0.2, 0.25) is 5.02 Å². The number of hydrogen-bond donors (Lipinski definition) is 3. The molecule has 0 saturated carbocycles. The van der Waals surface area contributed by atoms with E-state index in [2.05, 4.69) is 25.5 Å². The van der Waals surface area contributed by atoms with E-state index < -0.39 is 18.1 Å². The molecule has 0 spiro atoms. The number of carbonyl (C=O) groups excluding carboxylic acids is 2. The van der Waals surface area contributed by atoms with Crippen LogP contribution in [0.1, 0.15) is 38.6 Å². The molecule has 9 nitrogen and oxygen atoms in total. The van der Waals surface area contributed by atoms with Crippen LogP contribution in [0.3, 0.4) is 0 Å². The number of aliphatic hydroxyl groups excluding tert-OH is 1. The van der Waals surface area contributed by atoms with Gasteiger partial charge >= 0.3 is 0 Å². The highest BCUT2D eigenvalue weighted by Gasteiger charge is 2.27. The number of amides is 2. The van der Waals surface area contributed by atoms with Crippen LogP contribution in [0.4, 0.5) is 0 Å². The number of thiazole rings is 1. The van der Waals surface area contributed by atoms with Gasteiger partial charge < -0.3 is 25.5 Å². The Kier molecular flexibility index (Phi) is 8.71. The van der Waals surface area contributed by atoms with Crippen molar-refractivity contribution >= 4 is 52.0 Å². The molecule has 0 saturated heterocycles. The number of aliphatic hydroxyl groups is 1. The molecule has 2 aromatic heterocycles. The number of hydrogen-bond acceptors (Lipinski definition) is 8. The van der Waals surface area contributed by atoms with Gasteiger partial charge in [-0.1, -0.05) is 23.8 Å². The molecular weight excluding hydrogens is 484 g/mol. The summed E-state index contributed by atoms with van der Waals surface area (Å²) in [7, 11) is 5.27. The standard InChI is InChI=1S/C21H27ClN6O3S2/c1-27(2)21(31)15(10-24-18(32)8-16(29)13-5-4-12(22)9-23-13)25-19(30)20-26-14-6-7-28(3)11-17(14)33-20/h4-5,9,15-16,29H,6-8,10-11H2,1-3H3,(H,24,32)(H,25,30). The quantitative estimate of drug-likeness (QED) is 0.457. The third-order valence-electron chi connectivity index (χ3n) is 5.13. The number of fused-ring (bicyclic) bond motifs is 1. The molecular formula is C21H27ClN6O3S2. The summed E-state index contributed by atoms with van der Waals surface area (Å²) in [6, 6.07) is 2.42. The fourth-order valence-corrected chi connectivity index (χ4v) is 4.75. The number of pyridine rings is 1. The maximum Gasteiger partial charge on any atom is 0.280 e. The summed E-state index contributed by atoms with van der Waals surface area (Å²) in [6.07, 6.45) is 1.45. The Labute approximate surface area is 207 Å². The summed E-state index contributed by atoms with van der Waals surface area (Å²) in [5.41, 5.74) is 1.39. The van der Waals surface area contributed by atoms with E-state index in [1.807, 2.05) is 7.05 Å². The zero-order valence-electron chi connectivity index (χ0n) is 18.7. The van der Waals surface area contributed by atoms with Crippen LogP contribution in [-0.2, 0) is 17.8 Å². The van der Waals surface area contributed by atoms with Gasteiger partial charge in [-0.05, 0) is 19.2 Å². The van der Waals surface area contributed by atoms with Gasteiger partial charge in [0.05, 0.1) is 21.4 Å². The second-order valence-corrected chi connectivity index (χ2v) is 10.1. The van der Waals surface area contributed by atoms with Crippen molar-refractivity contribution in [3.8, 4) is 0 Å². The first-order valence-corrected chi connectivity index (χ1v) is 12.0. The second kappa shape index (κ2) is 11.3. The molecule has 3 heterocycles.